The molecule has 0 aliphatic heterocycles. The topological polar surface area (TPSA) is 20.3 Å². The van der Waals surface area contributed by atoms with E-state index in [-0.39, 0.29) is 0 Å². The van der Waals surface area contributed by atoms with Crippen LogP contribution in [0.25, 0.3) is 0 Å². The van der Waals surface area contributed by atoms with Crippen molar-refractivity contribution in [1.82, 2.24) is 4.90 Å². The number of allylic oxidation sites excluding steroid dienone is 4. The molecule has 0 aromatic carbocycles. The van der Waals surface area contributed by atoms with Crippen molar-refractivity contribution in [1.29, 1.82) is 0 Å². The van der Waals surface area contributed by atoms with Gasteiger partial charge in [0.15, 0.2) is 0 Å². The number of unbranched alkanes of at least 4 members (excludes halogenated alkanes) is 1. The summed E-state index contributed by atoms with van der Waals surface area (Å²) in [7, 11) is 1.79. The largest absolute Gasteiger partial charge is 0.348 e. The second-order valence-corrected chi connectivity index (χ2v) is 3.22. The van der Waals surface area contributed by atoms with Crippen molar-refractivity contribution in [3.05, 3.63) is 37.0 Å². The maximum absolute atomic E-state index is 10.3. The van der Waals surface area contributed by atoms with E-state index in [1.807, 2.05) is 12.2 Å². The Hall–Kier alpha value is -1.31. The average Bonchev–Trinajstić information content (AvgIpc) is 2.22. The third-order valence-corrected chi connectivity index (χ3v) is 2.00. The third kappa shape index (κ3) is 6.23. The maximum atomic E-state index is 10.3. The molecule has 0 spiro atoms. The van der Waals surface area contributed by atoms with Gasteiger partial charge in [0.2, 0.25) is 6.41 Å². The van der Waals surface area contributed by atoms with E-state index in [0.29, 0.717) is 0 Å². The molecular formula is C12H19NO. The lowest BCUT2D eigenvalue weighted by Crippen LogP contribution is -2.16. The summed E-state index contributed by atoms with van der Waals surface area (Å²) in [6, 6.07) is 0. The molecule has 0 N–H and O–H groups in total. The van der Waals surface area contributed by atoms with Crippen LogP contribution in [-0.2, 0) is 4.79 Å². The van der Waals surface area contributed by atoms with Gasteiger partial charge < -0.3 is 4.90 Å². The summed E-state index contributed by atoms with van der Waals surface area (Å²) in [5.74, 6) is 0. The first-order valence-corrected chi connectivity index (χ1v) is 4.84. The molecule has 0 fully saturated rings. The molecule has 2 heteroatoms. The van der Waals surface area contributed by atoms with E-state index < -0.39 is 0 Å². The fraction of sp³-hybridized carbons (Fsp3) is 0.417. The van der Waals surface area contributed by atoms with Crippen molar-refractivity contribution in [3.63, 3.8) is 0 Å². The van der Waals surface area contributed by atoms with E-state index in [2.05, 4.69) is 13.2 Å². The van der Waals surface area contributed by atoms with E-state index in [1.165, 1.54) is 5.57 Å². The lowest BCUT2D eigenvalue weighted by molar-refractivity contribution is -0.117. The van der Waals surface area contributed by atoms with Gasteiger partial charge in [0, 0.05) is 13.6 Å². The Bertz CT molecular complexity index is 218. The summed E-state index contributed by atoms with van der Waals surface area (Å²) in [4.78, 5) is 11.9. The fourth-order valence-corrected chi connectivity index (χ4v) is 1.15. The molecule has 1 amide bonds. The van der Waals surface area contributed by atoms with Gasteiger partial charge in [0.1, 0.15) is 0 Å². The maximum Gasteiger partial charge on any atom is 0.209 e. The smallest absolute Gasteiger partial charge is 0.209 e. The average molecular weight is 193 g/mol. The van der Waals surface area contributed by atoms with Crippen molar-refractivity contribution >= 4 is 6.41 Å². The second-order valence-electron chi connectivity index (χ2n) is 3.22. The number of hydrogen-bond donors (Lipinski definition) is 0. The number of rotatable bonds is 8. The molecule has 0 atom stereocenters. The molecule has 0 bridgehead atoms. The zero-order valence-electron chi connectivity index (χ0n) is 8.91. The summed E-state index contributed by atoms with van der Waals surface area (Å²) < 4.78 is 0. The van der Waals surface area contributed by atoms with Crippen LogP contribution in [0.1, 0.15) is 19.3 Å². The summed E-state index contributed by atoms with van der Waals surface area (Å²) in [5, 5.41) is 0. The fourth-order valence-electron chi connectivity index (χ4n) is 1.15. The first-order chi connectivity index (χ1) is 6.74. The Balaban J connectivity index is 3.61. The van der Waals surface area contributed by atoms with Crippen LogP contribution < -0.4 is 0 Å². The van der Waals surface area contributed by atoms with Crippen LogP contribution in [0.15, 0.2) is 37.0 Å². The predicted octanol–water partition coefficient (Wildman–Crippen LogP) is 2.54. The Morgan fingerprint density at radius 3 is 2.57 bits per heavy atom. The van der Waals surface area contributed by atoms with Gasteiger partial charge in [-0.2, -0.15) is 0 Å². The van der Waals surface area contributed by atoms with Crippen LogP contribution in [0.2, 0.25) is 0 Å². The zero-order valence-corrected chi connectivity index (χ0v) is 8.91. The first kappa shape index (κ1) is 12.7. The summed E-state index contributed by atoms with van der Waals surface area (Å²) in [5.41, 5.74) is 1.20. The van der Waals surface area contributed by atoms with E-state index >= 15 is 0 Å². The van der Waals surface area contributed by atoms with Gasteiger partial charge in [-0.3, -0.25) is 4.79 Å². The number of hydrogen-bond acceptors (Lipinski definition) is 1. The van der Waals surface area contributed by atoms with Crippen molar-refractivity contribution in [3.8, 4) is 0 Å². The van der Waals surface area contributed by atoms with Gasteiger partial charge in [0.25, 0.3) is 0 Å². The molecule has 0 aromatic rings. The standard InChI is InChI=1S/C12H19NO/c1-4-8-12(5-2)9-6-7-10-13(3)11-14/h4-5,8,11H,1-2,6-7,9-10H2,3H3/b12-8+. The second kappa shape index (κ2) is 8.30. The normalized spacial score (nSPS) is 10.8. The van der Waals surface area contributed by atoms with Gasteiger partial charge >= 0.3 is 0 Å². The summed E-state index contributed by atoms with van der Waals surface area (Å²) >= 11 is 0. The van der Waals surface area contributed by atoms with Gasteiger partial charge in [-0.1, -0.05) is 31.4 Å². The molecule has 0 saturated carbocycles. The Morgan fingerprint density at radius 2 is 2.07 bits per heavy atom. The van der Waals surface area contributed by atoms with Crippen LogP contribution in [0.4, 0.5) is 0 Å². The highest BCUT2D eigenvalue weighted by molar-refractivity contribution is 5.46. The minimum atomic E-state index is 0.821. The van der Waals surface area contributed by atoms with Crippen molar-refractivity contribution in [2.45, 2.75) is 19.3 Å². The summed E-state index contributed by atoms with van der Waals surface area (Å²) in [6.07, 6.45) is 9.55. The number of nitrogens with zero attached hydrogens (tertiary/aromatic N) is 1. The Morgan fingerprint density at radius 1 is 1.36 bits per heavy atom. The van der Waals surface area contributed by atoms with Crippen LogP contribution in [0, 0.1) is 0 Å². The van der Waals surface area contributed by atoms with Gasteiger partial charge in [-0.25, -0.2) is 0 Å². The molecule has 0 rings (SSSR count). The van der Waals surface area contributed by atoms with E-state index in [9.17, 15) is 4.79 Å². The molecule has 0 saturated heterocycles. The minimum absolute atomic E-state index is 0.821. The van der Waals surface area contributed by atoms with Gasteiger partial charge in [0.05, 0.1) is 0 Å². The van der Waals surface area contributed by atoms with Gasteiger partial charge in [-0.05, 0) is 24.8 Å². The molecule has 0 heterocycles. The van der Waals surface area contributed by atoms with Crippen molar-refractivity contribution in [2.24, 2.45) is 0 Å². The van der Waals surface area contributed by atoms with Crippen LogP contribution in [0.3, 0.4) is 0 Å². The number of amides is 1. The Labute approximate surface area is 86.6 Å². The summed E-state index contributed by atoms with van der Waals surface area (Å²) in [6.45, 7) is 8.19. The highest BCUT2D eigenvalue weighted by Gasteiger charge is 1.95. The van der Waals surface area contributed by atoms with Crippen LogP contribution >= 0.6 is 0 Å². The van der Waals surface area contributed by atoms with Crippen LogP contribution in [-0.4, -0.2) is 24.9 Å². The molecular weight excluding hydrogens is 174 g/mol. The molecule has 0 radical (unpaired) electrons. The third-order valence-electron chi connectivity index (χ3n) is 2.00. The first-order valence-electron chi connectivity index (χ1n) is 4.84. The zero-order chi connectivity index (χ0) is 10.8. The minimum Gasteiger partial charge on any atom is -0.348 e. The molecule has 0 aromatic heterocycles. The van der Waals surface area contributed by atoms with Crippen molar-refractivity contribution < 1.29 is 4.79 Å². The quantitative estimate of drug-likeness (QED) is 0.329. The molecule has 2 nitrogen and oxygen atoms in total. The van der Waals surface area contributed by atoms with E-state index in [4.69, 9.17) is 0 Å². The van der Waals surface area contributed by atoms with Crippen molar-refractivity contribution in [2.75, 3.05) is 13.6 Å². The highest BCUT2D eigenvalue weighted by atomic mass is 16.1. The highest BCUT2D eigenvalue weighted by Crippen LogP contribution is 2.08. The molecule has 78 valence electrons. The lowest BCUT2D eigenvalue weighted by atomic mass is 10.1. The Kier molecular flexibility index (Phi) is 7.52. The molecule has 14 heavy (non-hydrogen) atoms. The molecule has 0 unspecified atom stereocenters. The number of carbonyl (C=O) groups excluding carboxylic acids is 1. The predicted molar refractivity (Wildman–Crippen MR) is 61.0 cm³/mol. The molecule has 0 aliphatic rings. The lowest BCUT2D eigenvalue weighted by Gasteiger charge is -2.09. The van der Waals surface area contributed by atoms with E-state index in [1.54, 1.807) is 18.0 Å². The monoisotopic (exact) mass is 193 g/mol. The SMILES string of the molecule is C=C/C=C(\C=C)CCCCN(C)C=O. The van der Waals surface area contributed by atoms with E-state index in [0.717, 1.165) is 32.2 Å². The molecule has 0 aliphatic carbocycles. The van der Waals surface area contributed by atoms with Gasteiger partial charge in [-0.15, -0.1) is 0 Å². The van der Waals surface area contributed by atoms with Crippen LogP contribution in [0.5, 0.6) is 0 Å². The number of carbonyl (C=O) groups is 1.